The number of fused-ring (bicyclic) bond motifs is 2. The van der Waals surface area contributed by atoms with Crippen LogP contribution in [0.25, 0.3) is 0 Å². The van der Waals surface area contributed by atoms with Crippen LogP contribution in [0.15, 0.2) is 0 Å². The van der Waals surface area contributed by atoms with Gasteiger partial charge in [-0.1, -0.05) is 20.8 Å². The van der Waals surface area contributed by atoms with Crippen molar-refractivity contribution >= 4 is 5.97 Å². The number of hydrogen-bond acceptors (Lipinski definition) is 4. The number of morpholine rings is 1. The fourth-order valence-corrected chi connectivity index (χ4v) is 4.76. The van der Waals surface area contributed by atoms with Crippen LogP contribution in [0.3, 0.4) is 0 Å². The number of esters is 1. The van der Waals surface area contributed by atoms with Gasteiger partial charge >= 0.3 is 5.97 Å². The van der Waals surface area contributed by atoms with E-state index in [9.17, 15) is 4.79 Å². The molecule has 3 fully saturated rings. The van der Waals surface area contributed by atoms with Gasteiger partial charge in [-0.2, -0.15) is 0 Å². The third-order valence-electron chi connectivity index (χ3n) is 6.83. The Kier molecular flexibility index (Phi) is 4.04. The van der Waals surface area contributed by atoms with Crippen LogP contribution in [0.1, 0.15) is 40.0 Å². The Morgan fingerprint density at radius 1 is 1.29 bits per heavy atom. The van der Waals surface area contributed by atoms with E-state index in [1.807, 2.05) is 0 Å². The van der Waals surface area contributed by atoms with Crippen molar-refractivity contribution in [3.8, 4) is 0 Å². The molecule has 3 atom stereocenters. The number of ether oxygens (including phenoxy) is 2. The van der Waals surface area contributed by atoms with Gasteiger partial charge in [0, 0.05) is 19.6 Å². The molecule has 21 heavy (non-hydrogen) atoms. The van der Waals surface area contributed by atoms with E-state index < -0.39 is 0 Å². The van der Waals surface area contributed by atoms with E-state index in [-0.39, 0.29) is 22.7 Å². The average molecular weight is 295 g/mol. The van der Waals surface area contributed by atoms with Crippen LogP contribution in [0.4, 0.5) is 0 Å². The fourth-order valence-electron chi connectivity index (χ4n) is 4.76. The van der Waals surface area contributed by atoms with Crippen LogP contribution < -0.4 is 0 Å². The Morgan fingerprint density at radius 3 is 2.57 bits per heavy atom. The molecule has 3 unspecified atom stereocenters. The summed E-state index contributed by atoms with van der Waals surface area (Å²) in [6.45, 7) is 11.8. The number of hydrogen-bond donors (Lipinski definition) is 0. The summed E-state index contributed by atoms with van der Waals surface area (Å²) in [5.74, 6) is 0.844. The van der Waals surface area contributed by atoms with Crippen molar-refractivity contribution in [3.63, 3.8) is 0 Å². The van der Waals surface area contributed by atoms with Gasteiger partial charge in [-0.05, 0) is 36.0 Å². The molecule has 2 bridgehead atoms. The van der Waals surface area contributed by atoms with Crippen molar-refractivity contribution in [2.75, 3.05) is 39.5 Å². The molecule has 1 saturated heterocycles. The van der Waals surface area contributed by atoms with E-state index in [2.05, 4.69) is 25.7 Å². The van der Waals surface area contributed by atoms with Crippen molar-refractivity contribution in [2.45, 2.75) is 40.0 Å². The van der Waals surface area contributed by atoms with E-state index in [1.54, 1.807) is 0 Å². The Bertz CT molecular complexity index is 403. The average Bonchev–Trinajstić information content (AvgIpc) is 2.81. The Hall–Kier alpha value is -0.610. The van der Waals surface area contributed by atoms with Crippen LogP contribution >= 0.6 is 0 Å². The molecule has 0 amide bonds. The van der Waals surface area contributed by atoms with Gasteiger partial charge in [0.05, 0.1) is 19.1 Å². The second-order valence-corrected chi connectivity index (χ2v) is 7.78. The highest BCUT2D eigenvalue weighted by Crippen LogP contribution is 2.68. The molecule has 1 heterocycles. The van der Waals surface area contributed by atoms with E-state index >= 15 is 0 Å². The summed E-state index contributed by atoms with van der Waals surface area (Å²) in [6.07, 6.45) is 3.48. The zero-order valence-corrected chi connectivity index (χ0v) is 13.7. The summed E-state index contributed by atoms with van der Waals surface area (Å²) in [7, 11) is 0. The molecule has 120 valence electrons. The highest BCUT2D eigenvalue weighted by Gasteiger charge is 2.63. The minimum atomic E-state index is 0.0426. The largest absolute Gasteiger partial charge is 0.464 e. The monoisotopic (exact) mass is 295 g/mol. The molecule has 0 aromatic heterocycles. The summed E-state index contributed by atoms with van der Waals surface area (Å²) in [4.78, 5) is 14.8. The first-order valence-electron chi connectivity index (χ1n) is 8.42. The van der Waals surface area contributed by atoms with Gasteiger partial charge < -0.3 is 9.47 Å². The molecule has 4 heteroatoms. The maximum atomic E-state index is 12.5. The zero-order chi connectivity index (χ0) is 15.1. The molecule has 0 radical (unpaired) electrons. The van der Waals surface area contributed by atoms with Gasteiger partial charge in [0.2, 0.25) is 0 Å². The number of nitrogens with zero attached hydrogens (tertiary/aromatic N) is 1. The minimum absolute atomic E-state index is 0.0426. The molecular formula is C17H29NO3. The highest BCUT2D eigenvalue weighted by atomic mass is 16.5. The summed E-state index contributed by atoms with van der Waals surface area (Å²) >= 11 is 0. The maximum Gasteiger partial charge on any atom is 0.309 e. The van der Waals surface area contributed by atoms with Crippen LogP contribution in [0, 0.1) is 22.7 Å². The van der Waals surface area contributed by atoms with Gasteiger partial charge in [0.1, 0.15) is 6.61 Å². The fraction of sp³-hybridized carbons (Fsp3) is 0.941. The topological polar surface area (TPSA) is 38.8 Å². The van der Waals surface area contributed by atoms with Crippen molar-refractivity contribution in [3.05, 3.63) is 0 Å². The SMILES string of the molecule is CC1(C)C2CCC1(C)C(C(=O)OCCN1CCOCC1)C2. The quantitative estimate of drug-likeness (QED) is 0.746. The molecule has 0 spiro atoms. The third kappa shape index (κ3) is 2.50. The van der Waals surface area contributed by atoms with Crippen molar-refractivity contribution < 1.29 is 14.3 Å². The predicted octanol–water partition coefficient (Wildman–Crippen LogP) is 2.32. The van der Waals surface area contributed by atoms with Gasteiger partial charge in [-0.15, -0.1) is 0 Å². The second kappa shape index (κ2) is 5.54. The summed E-state index contributed by atoms with van der Waals surface area (Å²) in [6, 6.07) is 0. The summed E-state index contributed by atoms with van der Waals surface area (Å²) in [5.41, 5.74) is 0.411. The van der Waals surface area contributed by atoms with Gasteiger partial charge in [-0.3, -0.25) is 9.69 Å². The Labute approximate surface area is 128 Å². The van der Waals surface area contributed by atoms with Crippen LogP contribution in [-0.4, -0.2) is 50.3 Å². The molecule has 2 saturated carbocycles. The lowest BCUT2D eigenvalue weighted by molar-refractivity contribution is -0.154. The smallest absolute Gasteiger partial charge is 0.309 e. The zero-order valence-electron chi connectivity index (χ0n) is 13.7. The van der Waals surface area contributed by atoms with Crippen molar-refractivity contribution in [2.24, 2.45) is 22.7 Å². The predicted molar refractivity (Wildman–Crippen MR) is 80.9 cm³/mol. The molecule has 3 aliphatic rings. The Balaban J connectivity index is 1.50. The normalized spacial score (nSPS) is 38.6. The third-order valence-corrected chi connectivity index (χ3v) is 6.83. The first-order valence-corrected chi connectivity index (χ1v) is 8.42. The van der Waals surface area contributed by atoms with E-state index in [1.165, 1.54) is 12.8 Å². The standard InChI is InChI=1S/C17H29NO3/c1-16(2)13-4-5-17(16,3)14(12-13)15(19)21-11-8-18-6-9-20-10-7-18/h13-14H,4-12H2,1-3H3. The van der Waals surface area contributed by atoms with Gasteiger partial charge in [0.25, 0.3) is 0 Å². The van der Waals surface area contributed by atoms with Gasteiger partial charge in [0.15, 0.2) is 0 Å². The first-order chi connectivity index (χ1) is 9.95. The molecular weight excluding hydrogens is 266 g/mol. The maximum absolute atomic E-state index is 12.5. The molecule has 1 aliphatic heterocycles. The highest BCUT2D eigenvalue weighted by molar-refractivity contribution is 5.74. The lowest BCUT2D eigenvalue weighted by Crippen LogP contribution is -2.40. The molecule has 3 rings (SSSR count). The number of carbonyl (C=O) groups excluding carboxylic acids is 1. The van der Waals surface area contributed by atoms with Crippen LogP contribution in [-0.2, 0) is 14.3 Å². The first kappa shape index (κ1) is 15.3. The van der Waals surface area contributed by atoms with E-state index in [0.29, 0.717) is 12.5 Å². The minimum Gasteiger partial charge on any atom is -0.464 e. The number of rotatable bonds is 4. The summed E-state index contributed by atoms with van der Waals surface area (Å²) < 4.78 is 10.9. The van der Waals surface area contributed by atoms with Crippen LogP contribution in [0.5, 0.6) is 0 Å². The lowest BCUT2D eigenvalue weighted by atomic mass is 9.67. The number of carbonyl (C=O) groups is 1. The van der Waals surface area contributed by atoms with Crippen molar-refractivity contribution in [1.29, 1.82) is 0 Å². The van der Waals surface area contributed by atoms with E-state index in [0.717, 1.165) is 39.3 Å². The summed E-state index contributed by atoms with van der Waals surface area (Å²) in [5, 5.41) is 0. The molecule has 2 aliphatic carbocycles. The van der Waals surface area contributed by atoms with Crippen LogP contribution in [0.2, 0.25) is 0 Å². The lowest BCUT2D eigenvalue weighted by Gasteiger charge is -2.38. The molecule has 0 N–H and O–H groups in total. The molecule has 0 aromatic carbocycles. The Morgan fingerprint density at radius 2 is 2.00 bits per heavy atom. The molecule has 4 nitrogen and oxygen atoms in total. The molecule has 0 aromatic rings. The van der Waals surface area contributed by atoms with Gasteiger partial charge in [-0.25, -0.2) is 0 Å². The second-order valence-electron chi connectivity index (χ2n) is 7.78. The van der Waals surface area contributed by atoms with Crippen molar-refractivity contribution in [1.82, 2.24) is 4.90 Å². The van der Waals surface area contributed by atoms with E-state index in [4.69, 9.17) is 9.47 Å².